The predicted molar refractivity (Wildman–Crippen MR) is 579 cm³/mol. The molecule has 0 unspecified atom stereocenters. The summed E-state index contributed by atoms with van der Waals surface area (Å²) in [7, 11) is 1.72. The Morgan fingerprint density at radius 1 is 0.327 bits per heavy atom. The fourth-order valence-corrected chi connectivity index (χ4v) is 42.6. The molecule has 21 aliphatic carbocycles. The molecule has 26 rings (SSSR count). The van der Waals surface area contributed by atoms with E-state index in [2.05, 4.69) is 154 Å². The zero-order valence-electron chi connectivity index (χ0n) is 92.1. The summed E-state index contributed by atoms with van der Waals surface area (Å²) in [6, 6.07) is 0. The fourth-order valence-electron chi connectivity index (χ4n) is 42.5. The molecule has 0 bridgehead atoms. The number of methoxy groups -OCH3 is 1. The van der Waals surface area contributed by atoms with Crippen molar-refractivity contribution in [3.05, 3.63) is 117 Å². The molecule has 0 saturated heterocycles. The Balaban J connectivity index is 0.000000106. The zero-order chi connectivity index (χ0) is 104. The van der Waals surface area contributed by atoms with Crippen LogP contribution in [0.4, 0.5) is 8.78 Å². The van der Waals surface area contributed by atoms with E-state index in [1.165, 1.54) is 246 Å². The smallest absolute Gasteiger partial charge is 0.266 e. The van der Waals surface area contributed by atoms with Crippen LogP contribution in [0.3, 0.4) is 0 Å². The number of tetrazole rings is 1. The van der Waals surface area contributed by atoms with Crippen molar-refractivity contribution in [2.24, 2.45) is 211 Å². The highest BCUT2D eigenvalue weighted by atomic mass is 35.5. The van der Waals surface area contributed by atoms with Crippen molar-refractivity contribution in [3.8, 4) is 23.1 Å². The quantitative estimate of drug-likeness (QED) is 0.0403. The topological polar surface area (TPSA) is 277 Å². The van der Waals surface area contributed by atoms with E-state index < -0.39 is 34.4 Å². The minimum absolute atomic E-state index is 0.271. The van der Waals surface area contributed by atoms with Crippen LogP contribution >= 0.6 is 11.6 Å². The van der Waals surface area contributed by atoms with Crippen LogP contribution in [-0.4, -0.2) is 154 Å². The maximum absolute atomic E-state index is 13.4. The minimum Gasteiger partial charge on any atom is -0.390 e. The van der Waals surface area contributed by atoms with Gasteiger partial charge in [-0.05, 0) is 530 Å². The lowest BCUT2D eigenvalue weighted by Crippen LogP contribution is -2.52. The second-order valence-electron chi connectivity index (χ2n) is 56.1. The second kappa shape index (κ2) is 42.9. The largest absolute Gasteiger partial charge is 0.390 e. The monoisotopic (exact) mass is 2080 g/mol. The average Bonchev–Trinajstić information content (AvgIpc) is 1.55. The zero-order valence-corrected chi connectivity index (χ0v) is 92.9. The van der Waals surface area contributed by atoms with E-state index in [0.717, 1.165) is 197 Å². The van der Waals surface area contributed by atoms with Crippen molar-refractivity contribution in [1.29, 1.82) is 0 Å². The number of aliphatic hydroxyl groups is 5. The molecule has 150 heavy (non-hydrogen) atoms. The Labute approximate surface area is 899 Å². The van der Waals surface area contributed by atoms with Crippen molar-refractivity contribution in [1.82, 2.24) is 80.2 Å². The van der Waals surface area contributed by atoms with E-state index in [0.29, 0.717) is 125 Å². The molecule has 5 aromatic heterocycles. The summed E-state index contributed by atoms with van der Waals surface area (Å²) < 4.78 is 32.2. The van der Waals surface area contributed by atoms with Crippen LogP contribution in [-0.2, 0) is 37.5 Å². The fraction of sp³-hybridized carbons (Fsp3) is 0.816. The number of hydrogen-bond donors (Lipinski definition) is 5. The molecule has 21 saturated carbocycles. The van der Waals surface area contributed by atoms with Gasteiger partial charge in [-0.2, -0.15) is 64.8 Å². The third-order valence-corrected chi connectivity index (χ3v) is 49.1. The number of rotatable bonds is 18. The van der Waals surface area contributed by atoms with Gasteiger partial charge < -0.3 is 30.3 Å². The summed E-state index contributed by atoms with van der Waals surface area (Å²) in [5, 5.41) is 103. The lowest BCUT2D eigenvalue weighted by molar-refractivity contribution is -0.159. The van der Waals surface area contributed by atoms with E-state index in [-0.39, 0.29) is 17.8 Å². The van der Waals surface area contributed by atoms with E-state index in [1.807, 2.05) is 0 Å². The Morgan fingerprint density at radius 2 is 0.620 bits per heavy atom. The van der Waals surface area contributed by atoms with Gasteiger partial charge in [-0.25, -0.2) is 8.78 Å². The van der Waals surface area contributed by atoms with E-state index in [1.54, 1.807) is 80.7 Å². The number of hydrogen-bond acceptors (Lipinski definition) is 17. The molecule has 21 fully saturated rings. The van der Waals surface area contributed by atoms with Crippen LogP contribution < -0.4 is 0 Å². The Bertz CT molecular complexity index is 5640. The molecule has 820 valence electrons. The van der Waals surface area contributed by atoms with Crippen LogP contribution in [0.5, 0.6) is 0 Å². The third-order valence-electron chi connectivity index (χ3n) is 49.0. The third kappa shape index (κ3) is 20.7. The van der Waals surface area contributed by atoms with Gasteiger partial charge >= 0.3 is 0 Å². The first-order valence-corrected chi connectivity index (χ1v) is 60.9. The standard InChI is InChI=1S/C28H39N3O.C25H34ClN3O.C25H39N3O2.C24H35F2N3O.C23H36N4O/c1-19(18-31-29-15-16-30-31)25-7-8-26-24-6-5-21-17-28(32,13-9-20-3-4-20)14-11-22(21)23(24)10-12-27(25,26)2;1-17(16-29-27-13-14-28-29)22-5-6-23-21-4-3-18-15-25(30,11-12-26)10-8-19(18)20(21)7-9-24(22,23)2;1-17(15-28-26-12-13-27-28)22-6-7-23-21-5-4-18-14-25(29,16-30-3)11-9-19(18)20(21)8-10-24(22,23)2;1-15(14-29-27-11-12-28-29)20-5-6-21-19-4-3-16-13-24(30,22(25)26)10-8-17(16)18(19)7-9-23(20,21)2;1-15(13-27-25-14-24-26-27)20-6-7-21-19-5-4-16-12-22(2,28)10-8-17(16)18(19)9-11-23(20,21)3/h15-16,20-26,32H,1,3-8,10-12,14,17-18H2,2H3;13-14,18-23,30H,1,3-10,15-16H2,2H3;12-13,18-23,29H,1,4-11,14-16H2,2-3H3;11-12,16-22,30H,1,3-10,13-14H2,2H3;14,16-21,28H,1,4-13H2,2-3H3/t21-,22-,23+,24+,25+,26-,27+,28-;18-,19-,20+,21+,22+,23-,24+,25+;18-,19-,20+,21+,22+,23-,24+,25-;16-,17-,18+,19+,20+,21-,23+,24-;16-,17-,18+,19+,20+,21-,22-,23+/m00000/s1. The maximum atomic E-state index is 13.4. The van der Waals surface area contributed by atoms with Gasteiger partial charge in [0.2, 0.25) is 0 Å². The number of nitrogens with zero attached hydrogens (tertiary/aromatic N) is 16. The first-order valence-electron chi connectivity index (χ1n) is 60.5. The van der Waals surface area contributed by atoms with E-state index >= 15 is 0 Å². The van der Waals surface area contributed by atoms with Crippen LogP contribution in [0.15, 0.2) is 117 Å². The first kappa shape index (κ1) is 108. The Hall–Kier alpha value is -6.64. The molecule has 0 spiro atoms. The minimum atomic E-state index is -2.61. The highest BCUT2D eigenvalue weighted by molar-refractivity contribution is 6.30. The summed E-state index contributed by atoms with van der Waals surface area (Å²) in [5.41, 5.74) is 4.07. The van der Waals surface area contributed by atoms with Gasteiger partial charge in [0.05, 0.1) is 100 Å². The highest BCUT2D eigenvalue weighted by Gasteiger charge is 2.66. The van der Waals surface area contributed by atoms with Gasteiger partial charge in [0.1, 0.15) is 16.8 Å². The number of aromatic nitrogens is 16. The summed E-state index contributed by atoms with van der Waals surface area (Å²) in [4.78, 5) is 8.79. The molecule has 5 N–H and O–H groups in total. The first-order chi connectivity index (χ1) is 72.0. The van der Waals surface area contributed by atoms with Crippen molar-refractivity contribution in [2.45, 2.75) is 410 Å². The summed E-state index contributed by atoms with van der Waals surface area (Å²) >= 11 is 5.63. The molecular weight excluding hydrogens is 1890 g/mol. The van der Waals surface area contributed by atoms with E-state index in [4.69, 9.17) is 16.3 Å². The average molecular weight is 2080 g/mol. The molecule has 5 heterocycles. The number of fused-ring (bicyclic) bond motifs is 25. The van der Waals surface area contributed by atoms with Gasteiger partial charge in [-0.1, -0.05) is 113 Å². The molecule has 25 heteroatoms. The molecule has 40 atom stereocenters. The molecule has 0 amide bonds. The number of halogens is 3. The Kier molecular flexibility index (Phi) is 30.8. The van der Waals surface area contributed by atoms with Crippen molar-refractivity contribution in [2.75, 3.05) is 13.7 Å². The number of alkyl halides is 2. The Morgan fingerprint density at radius 3 is 0.933 bits per heavy atom. The molecule has 22 nitrogen and oxygen atoms in total. The van der Waals surface area contributed by atoms with E-state index in [9.17, 15) is 34.3 Å². The molecule has 5 aromatic rings. The van der Waals surface area contributed by atoms with Gasteiger partial charge in [0.15, 0.2) is 6.33 Å². The molecule has 0 aromatic carbocycles. The SMILES string of the molecule is C=C(Cn1nccn1)[C@H]1CC[C@H]2[C@@H]3CC[C@H]4C[C@](O)(C#CC5CC5)CC[C@@H]4[C@H]3CC[C@]12C.C=C(Cn1nccn1)[C@H]1CC[C@H]2[C@@H]3CC[C@H]4C[C@](O)(C#CCl)CC[C@@H]4[C@H]3CC[C@]12C.C=C(Cn1nccn1)[C@H]1CC[C@H]2[C@@H]3CC[C@H]4C[C@](O)(C(F)F)CC[C@@H]4[C@H]3CC[C@]12C.C=C(Cn1nccn1)[C@H]1CC[C@H]2[C@@H]3CC[C@H]4C[C@](O)(COC)CC[C@@H]4[C@H]3CC[C@]12C.C=C(Cn1ncnn1)[C@H]1CC[C@H]2[C@@H]3CC[C@H]4C[C@@](C)(O)CC[C@@H]4[C@H]3CC[C@]12C. The van der Waals surface area contributed by atoms with Gasteiger partial charge in [0, 0.05) is 18.4 Å². The highest BCUT2D eigenvalue weighted by Crippen LogP contribution is 2.73. The van der Waals surface area contributed by atoms with Crippen LogP contribution in [0.25, 0.3) is 0 Å². The van der Waals surface area contributed by atoms with Gasteiger partial charge in [0.25, 0.3) is 6.43 Å². The van der Waals surface area contributed by atoms with Gasteiger partial charge in [-0.15, -0.1) is 10.2 Å². The van der Waals surface area contributed by atoms with Crippen LogP contribution in [0.1, 0.15) is 343 Å². The van der Waals surface area contributed by atoms with Crippen LogP contribution in [0.2, 0.25) is 0 Å². The predicted octanol–water partition coefficient (Wildman–Crippen LogP) is 24.1. The lowest BCUT2D eigenvalue weighted by atomic mass is 9.48. The van der Waals surface area contributed by atoms with Gasteiger partial charge in [-0.3, -0.25) is 0 Å². The van der Waals surface area contributed by atoms with Crippen molar-refractivity contribution >= 4 is 11.6 Å². The summed E-state index contributed by atoms with van der Waals surface area (Å²) in [6.45, 7) is 41.4. The van der Waals surface area contributed by atoms with Crippen molar-refractivity contribution in [3.63, 3.8) is 0 Å². The number of ether oxygens (including phenoxy) is 1. The molecule has 21 aliphatic rings. The molecular formula is C125H183ClF2N16O6. The normalized spacial score (nSPS) is 45.8. The summed E-state index contributed by atoms with van der Waals surface area (Å²) in [5.74, 6) is 32.3. The van der Waals surface area contributed by atoms with Crippen LogP contribution in [0, 0.1) is 234 Å². The molecule has 0 aliphatic heterocycles. The van der Waals surface area contributed by atoms with Crippen molar-refractivity contribution < 1.29 is 39.1 Å². The molecule has 0 radical (unpaired) electrons. The summed E-state index contributed by atoms with van der Waals surface area (Å²) in [6.07, 6.45) is 67.7. The number of allylic oxidation sites excluding steroid dienone is 5. The second-order valence-corrected chi connectivity index (χ2v) is 56.3. The lowest BCUT2D eigenvalue weighted by Gasteiger charge is -2.57. The maximum Gasteiger partial charge on any atom is 0.266 e.